The molecule has 3 heterocycles. The van der Waals surface area contributed by atoms with Gasteiger partial charge in [0.2, 0.25) is 0 Å². The molecule has 0 saturated carbocycles. The molecule has 0 aliphatic carbocycles. The quantitative estimate of drug-likeness (QED) is 0.357. The van der Waals surface area contributed by atoms with Crippen molar-refractivity contribution in [1.82, 2.24) is 19.7 Å². The lowest BCUT2D eigenvalue weighted by molar-refractivity contribution is 0.102. The van der Waals surface area contributed by atoms with Crippen LogP contribution in [0.2, 0.25) is 0 Å². The number of thiazole rings is 1. The van der Waals surface area contributed by atoms with Crippen LogP contribution in [0.4, 0.5) is 5.13 Å². The zero-order chi connectivity index (χ0) is 18.8. The normalized spacial score (nSPS) is 11.0. The van der Waals surface area contributed by atoms with Crippen LogP contribution in [0.25, 0.3) is 10.1 Å². The highest BCUT2D eigenvalue weighted by molar-refractivity contribution is 7.71. The first kappa shape index (κ1) is 17.8. The van der Waals surface area contributed by atoms with Gasteiger partial charge in [0.15, 0.2) is 9.90 Å². The van der Waals surface area contributed by atoms with E-state index in [4.69, 9.17) is 12.2 Å². The third kappa shape index (κ3) is 3.61. The molecule has 1 aromatic carbocycles. The van der Waals surface area contributed by atoms with Gasteiger partial charge in [0.05, 0.1) is 17.7 Å². The van der Waals surface area contributed by atoms with Gasteiger partial charge in [0.25, 0.3) is 5.91 Å². The Morgan fingerprint density at radius 3 is 3.04 bits per heavy atom. The number of carbonyl (C=O) groups excluding carboxylic acids is 1. The molecular formula is C18H15N5OS3. The second-order valence-electron chi connectivity index (χ2n) is 5.76. The average Bonchev–Trinajstić information content (AvgIpc) is 3.37. The molecule has 136 valence electrons. The van der Waals surface area contributed by atoms with E-state index in [0.717, 1.165) is 21.6 Å². The first-order valence-electron chi connectivity index (χ1n) is 8.12. The second kappa shape index (κ2) is 7.55. The van der Waals surface area contributed by atoms with Crippen LogP contribution in [0, 0.1) is 4.77 Å². The Morgan fingerprint density at radius 1 is 1.33 bits per heavy atom. The number of aromatic amines is 1. The van der Waals surface area contributed by atoms with Crippen LogP contribution in [0.1, 0.15) is 21.9 Å². The number of hydrogen-bond donors (Lipinski definition) is 2. The molecule has 0 atom stereocenters. The second-order valence-corrected chi connectivity index (χ2v) is 7.92. The Balaban J connectivity index is 1.51. The van der Waals surface area contributed by atoms with Crippen molar-refractivity contribution >= 4 is 56.0 Å². The van der Waals surface area contributed by atoms with Gasteiger partial charge in [-0.2, -0.15) is 5.10 Å². The third-order valence-electron chi connectivity index (χ3n) is 3.99. The smallest absolute Gasteiger partial charge is 0.258 e. The molecule has 2 N–H and O–H groups in total. The molecular weight excluding hydrogens is 398 g/mol. The largest absolute Gasteiger partial charge is 0.300 e. The number of carbonyl (C=O) groups is 1. The van der Waals surface area contributed by atoms with Crippen molar-refractivity contribution in [2.75, 3.05) is 5.32 Å². The van der Waals surface area contributed by atoms with Crippen molar-refractivity contribution in [1.29, 1.82) is 0 Å². The van der Waals surface area contributed by atoms with Gasteiger partial charge in [-0.05, 0) is 18.3 Å². The SMILES string of the molecule is C=CCn1c(Cc2csc(NC(=O)c3csc4ccccc34)n2)n[nH]c1=S. The van der Waals surface area contributed by atoms with Gasteiger partial charge in [-0.15, -0.1) is 29.3 Å². The highest BCUT2D eigenvalue weighted by atomic mass is 32.1. The number of aromatic nitrogens is 4. The summed E-state index contributed by atoms with van der Waals surface area (Å²) in [5.41, 5.74) is 1.49. The van der Waals surface area contributed by atoms with Gasteiger partial charge >= 0.3 is 0 Å². The van der Waals surface area contributed by atoms with E-state index >= 15 is 0 Å². The summed E-state index contributed by atoms with van der Waals surface area (Å²) in [6.07, 6.45) is 2.29. The molecule has 0 aliphatic heterocycles. The maximum absolute atomic E-state index is 12.6. The minimum atomic E-state index is -0.150. The van der Waals surface area contributed by atoms with E-state index in [1.807, 2.05) is 39.6 Å². The lowest BCUT2D eigenvalue weighted by atomic mass is 10.2. The van der Waals surface area contributed by atoms with Gasteiger partial charge in [-0.25, -0.2) is 4.98 Å². The number of benzene rings is 1. The topological polar surface area (TPSA) is 75.6 Å². The van der Waals surface area contributed by atoms with E-state index in [1.165, 1.54) is 11.3 Å². The Morgan fingerprint density at radius 2 is 2.19 bits per heavy atom. The van der Waals surface area contributed by atoms with E-state index in [0.29, 0.717) is 28.4 Å². The monoisotopic (exact) mass is 413 g/mol. The predicted octanol–water partition coefficient (Wildman–Crippen LogP) is 4.64. The number of rotatable bonds is 6. The lowest BCUT2D eigenvalue weighted by Gasteiger charge is -2.02. The summed E-state index contributed by atoms with van der Waals surface area (Å²) in [7, 11) is 0. The number of hydrogen-bond acceptors (Lipinski definition) is 6. The molecule has 0 unspecified atom stereocenters. The maximum Gasteiger partial charge on any atom is 0.258 e. The van der Waals surface area contributed by atoms with Crippen molar-refractivity contribution in [3.05, 3.63) is 69.5 Å². The first-order chi connectivity index (χ1) is 13.2. The van der Waals surface area contributed by atoms with Crippen molar-refractivity contribution in [3.63, 3.8) is 0 Å². The Bertz CT molecular complexity index is 1180. The summed E-state index contributed by atoms with van der Waals surface area (Å²) in [4.78, 5) is 17.1. The number of H-pyrrole nitrogens is 1. The molecule has 1 amide bonds. The van der Waals surface area contributed by atoms with Crippen LogP contribution in [0.3, 0.4) is 0 Å². The van der Waals surface area contributed by atoms with Crippen LogP contribution in [0.15, 0.2) is 47.7 Å². The number of anilines is 1. The van der Waals surface area contributed by atoms with Crippen molar-refractivity contribution in [2.45, 2.75) is 13.0 Å². The summed E-state index contributed by atoms with van der Waals surface area (Å²) in [6, 6.07) is 7.86. The molecule has 9 heteroatoms. The summed E-state index contributed by atoms with van der Waals surface area (Å²) in [6.45, 7) is 4.33. The minimum Gasteiger partial charge on any atom is -0.300 e. The van der Waals surface area contributed by atoms with Crippen LogP contribution < -0.4 is 5.32 Å². The fraction of sp³-hybridized carbons (Fsp3) is 0.111. The highest BCUT2D eigenvalue weighted by Crippen LogP contribution is 2.27. The number of nitrogens with one attached hydrogen (secondary N) is 2. The summed E-state index contributed by atoms with van der Waals surface area (Å²) in [5, 5.41) is 15.2. The van der Waals surface area contributed by atoms with Gasteiger partial charge in [0.1, 0.15) is 5.82 Å². The highest BCUT2D eigenvalue weighted by Gasteiger charge is 2.15. The van der Waals surface area contributed by atoms with Crippen LogP contribution in [-0.4, -0.2) is 25.7 Å². The standard InChI is InChI=1S/C18H15N5OS3/c1-2-7-23-15(21-22-18(23)25)8-11-9-27-17(19-11)20-16(24)13-10-26-14-6-4-3-5-12(13)14/h2-6,9-10H,1,7-8H2,(H,22,25)(H,19,20,24). The molecule has 0 bridgehead atoms. The fourth-order valence-corrected chi connectivity index (χ4v) is 4.60. The van der Waals surface area contributed by atoms with Crippen molar-refractivity contribution in [3.8, 4) is 0 Å². The van der Waals surface area contributed by atoms with E-state index in [-0.39, 0.29) is 5.91 Å². The summed E-state index contributed by atoms with van der Waals surface area (Å²) < 4.78 is 3.52. The molecule has 4 aromatic rings. The zero-order valence-corrected chi connectivity index (χ0v) is 16.6. The Hall–Kier alpha value is -2.62. The van der Waals surface area contributed by atoms with Crippen LogP contribution in [-0.2, 0) is 13.0 Å². The van der Waals surface area contributed by atoms with E-state index in [1.54, 1.807) is 17.4 Å². The van der Waals surface area contributed by atoms with E-state index < -0.39 is 0 Å². The molecule has 6 nitrogen and oxygen atoms in total. The molecule has 0 aliphatic rings. The molecule has 0 spiro atoms. The predicted molar refractivity (Wildman–Crippen MR) is 112 cm³/mol. The number of nitrogens with zero attached hydrogens (tertiary/aromatic N) is 3. The summed E-state index contributed by atoms with van der Waals surface area (Å²) >= 11 is 8.18. The molecule has 4 rings (SSSR count). The third-order valence-corrected chi connectivity index (χ3v) is 6.07. The Labute approximate surface area is 168 Å². The first-order valence-corrected chi connectivity index (χ1v) is 10.3. The lowest BCUT2D eigenvalue weighted by Crippen LogP contribution is -2.11. The van der Waals surface area contributed by atoms with Gasteiger partial charge in [0, 0.05) is 27.4 Å². The number of thiophene rings is 1. The van der Waals surface area contributed by atoms with Crippen molar-refractivity contribution < 1.29 is 4.79 Å². The van der Waals surface area contributed by atoms with E-state index in [2.05, 4.69) is 27.1 Å². The number of amides is 1. The van der Waals surface area contributed by atoms with Gasteiger partial charge in [-0.3, -0.25) is 19.8 Å². The molecule has 0 saturated heterocycles. The number of fused-ring (bicyclic) bond motifs is 1. The average molecular weight is 414 g/mol. The minimum absolute atomic E-state index is 0.150. The van der Waals surface area contributed by atoms with Crippen molar-refractivity contribution in [2.24, 2.45) is 0 Å². The van der Waals surface area contributed by atoms with Crippen LogP contribution >= 0.6 is 34.9 Å². The fourth-order valence-electron chi connectivity index (χ4n) is 2.73. The zero-order valence-electron chi connectivity index (χ0n) is 14.1. The Kier molecular flexibility index (Phi) is 4.97. The molecule has 0 fully saturated rings. The number of allylic oxidation sites excluding steroid dienone is 1. The molecule has 27 heavy (non-hydrogen) atoms. The van der Waals surface area contributed by atoms with Gasteiger partial charge in [-0.1, -0.05) is 24.3 Å². The van der Waals surface area contributed by atoms with Crippen LogP contribution in [0.5, 0.6) is 0 Å². The van der Waals surface area contributed by atoms with Gasteiger partial charge < -0.3 is 0 Å². The molecule has 3 aromatic heterocycles. The summed E-state index contributed by atoms with van der Waals surface area (Å²) in [5.74, 6) is 0.634. The maximum atomic E-state index is 12.6. The van der Waals surface area contributed by atoms with E-state index in [9.17, 15) is 4.79 Å². The molecule has 0 radical (unpaired) electrons.